The van der Waals surface area contributed by atoms with E-state index in [2.05, 4.69) is 30.6 Å². The van der Waals surface area contributed by atoms with Crippen LogP contribution in [0.3, 0.4) is 0 Å². The van der Waals surface area contributed by atoms with Crippen molar-refractivity contribution in [3.05, 3.63) is 23.3 Å². The van der Waals surface area contributed by atoms with Crippen molar-refractivity contribution in [3.8, 4) is 11.5 Å². The molecule has 0 spiro atoms. The molecular weight excluding hydrogens is 234 g/mol. The van der Waals surface area contributed by atoms with E-state index in [1.807, 2.05) is 13.0 Å². The largest absolute Gasteiger partial charge is 0.496 e. The Hall–Kier alpha value is -0.870. The minimum absolute atomic E-state index is 0.855. The van der Waals surface area contributed by atoms with E-state index in [-0.39, 0.29) is 0 Å². The molecule has 0 aromatic heterocycles. The van der Waals surface area contributed by atoms with Gasteiger partial charge in [-0.25, -0.2) is 0 Å². The monoisotopic (exact) mass is 255 g/mol. The summed E-state index contributed by atoms with van der Waals surface area (Å²) in [5.41, 5.74) is 2.22. The minimum Gasteiger partial charge on any atom is -0.496 e. The van der Waals surface area contributed by atoms with E-state index in [0.29, 0.717) is 0 Å². The summed E-state index contributed by atoms with van der Waals surface area (Å²) in [4.78, 5) is 2.22. The van der Waals surface area contributed by atoms with E-state index in [9.17, 15) is 0 Å². The molecule has 0 aliphatic heterocycles. The average molecular weight is 255 g/mol. The van der Waals surface area contributed by atoms with Crippen LogP contribution in [0, 0.1) is 6.92 Å². The molecule has 0 aliphatic rings. The van der Waals surface area contributed by atoms with E-state index in [4.69, 9.17) is 9.47 Å². The van der Waals surface area contributed by atoms with E-state index in [0.717, 1.165) is 35.9 Å². The van der Waals surface area contributed by atoms with Gasteiger partial charge in [0.15, 0.2) is 0 Å². The number of hydrogen-bond acceptors (Lipinski definition) is 4. The molecule has 96 valence electrons. The smallest absolute Gasteiger partial charge is 0.129 e. The van der Waals surface area contributed by atoms with Gasteiger partial charge in [-0.05, 0) is 20.0 Å². The van der Waals surface area contributed by atoms with Gasteiger partial charge < -0.3 is 14.4 Å². The number of ether oxygens (including phenoxy) is 2. The first kappa shape index (κ1) is 14.2. The first-order chi connectivity index (χ1) is 8.13. The molecule has 0 heterocycles. The Bertz CT molecular complexity index is 369. The number of benzene rings is 1. The fraction of sp³-hybridized carbons (Fsp3) is 0.538. The number of hydrogen-bond donors (Lipinski definition) is 1. The summed E-state index contributed by atoms with van der Waals surface area (Å²) < 4.78 is 10.8. The van der Waals surface area contributed by atoms with Crippen LogP contribution in [-0.2, 0) is 6.54 Å². The number of rotatable bonds is 6. The molecule has 1 rings (SSSR count). The van der Waals surface area contributed by atoms with Crippen LogP contribution in [0.25, 0.3) is 0 Å². The van der Waals surface area contributed by atoms with Gasteiger partial charge in [0.05, 0.1) is 14.2 Å². The van der Waals surface area contributed by atoms with Gasteiger partial charge in [-0.3, -0.25) is 0 Å². The lowest BCUT2D eigenvalue weighted by Gasteiger charge is -2.19. The quantitative estimate of drug-likeness (QED) is 0.789. The summed E-state index contributed by atoms with van der Waals surface area (Å²) in [6, 6.07) is 4.04. The van der Waals surface area contributed by atoms with Gasteiger partial charge in [0.25, 0.3) is 0 Å². The Kier molecular flexibility index (Phi) is 5.65. The summed E-state index contributed by atoms with van der Waals surface area (Å²) in [5, 5.41) is 0. The van der Waals surface area contributed by atoms with Crippen LogP contribution in [0.15, 0.2) is 12.1 Å². The molecule has 0 N–H and O–H groups in total. The van der Waals surface area contributed by atoms with Crippen molar-refractivity contribution in [2.45, 2.75) is 13.5 Å². The lowest BCUT2D eigenvalue weighted by atomic mass is 10.1. The van der Waals surface area contributed by atoms with E-state index < -0.39 is 0 Å². The van der Waals surface area contributed by atoms with Crippen molar-refractivity contribution in [2.75, 3.05) is 33.6 Å². The average Bonchev–Trinajstić information content (AvgIpc) is 2.30. The molecule has 0 radical (unpaired) electrons. The molecule has 4 heteroatoms. The van der Waals surface area contributed by atoms with Crippen molar-refractivity contribution >= 4 is 12.6 Å². The number of nitrogens with zero attached hydrogens (tertiary/aromatic N) is 1. The fourth-order valence-corrected chi connectivity index (χ4v) is 2.24. The molecule has 17 heavy (non-hydrogen) atoms. The maximum atomic E-state index is 5.47. The Morgan fingerprint density at radius 2 is 1.94 bits per heavy atom. The summed E-state index contributed by atoms with van der Waals surface area (Å²) in [5.74, 6) is 2.63. The predicted molar refractivity (Wildman–Crippen MR) is 74.5 cm³/mol. The lowest BCUT2D eigenvalue weighted by Crippen LogP contribution is -2.20. The van der Waals surface area contributed by atoms with Gasteiger partial charge in [0.1, 0.15) is 11.5 Å². The highest BCUT2D eigenvalue weighted by atomic mass is 32.1. The number of methoxy groups -OCH3 is 2. The Morgan fingerprint density at radius 3 is 2.47 bits per heavy atom. The van der Waals surface area contributed by atoms with Crippen LogP contribution in [-0.4, -0.2) is 38.5 Å². The van der Waals surface area contributed by atoms with Crippen LogP contribution in [0.2, 0.25) is 0 Å². The second-order valence-electron chi connectivity index (χ2n) is 4.05. The molecule has 0 bridgehead atoms. The topological polar surface area (TPSA) is 21.7 Å². The molecule has 0 atom stereocenters. The van der Waals surface area contributed by atoms with E-state index >= 15 is 0 Å². The molecule has 1 aromatic rings. The third-order valence-electron chi connectivity index (χ3n) is 2.78. The lowest BCUT2D eigenvalue weighted by molar-refractivity contribution is 0.332. The van der Waals surface area contributed by atoms with Crippen LogP contribution >= 0.6 is 12.6 Å². The molecule has 0 saturated carbocycles. The molecule has 3 nitrogen and oxygen atoms in total. The fourth-order valence-electron chi connectivity index (χ4n) is 1.90. The van der Waals surface area contributed by atoms with E-state index in [1.165, 1.54) is 5.56 Å². The van der Waals surface area contributed by atoms with Gasteiger partial charge in [-0.2, -0.15) is 12.6 Å². The molecule has 0 fully saturated rings. The highest BCUT2D eigenvalue weighted by molar-refractivity contribution is 7.80. The number of thiol groups is 1. The van der Waals surface area contributed by atoms with Gasteiger partial charge in [-0.1, -0.05) is 6.07 Å². The molecule has 0 amide bonds. The highest BCUT2D eigenvalue weighted by Crippen LogP contribution is 2.31. The highest BCUT2D eigenvalue weighted by Gasteiger charge is 2.12. The van der Waals surface area contributed by atoms with Gasteiger partial charge in [-0.15, -0.1) is 0 Å². The van der Waals surface area contributed by atoms with Gasteiger partial charge in [0.2, 0.25) is 0 Å². The van der Waals surface area contributed by atoms with Crippen molar-refractivity contribution in [1.29, 1.82) is 0 Å². The standard InChI is InChI=1S/C13H21NO2S/c1-10-12(15-3)6-5-11(13(10)16-4)9-14(2)7-8-17/h5-6,17H,7-9H2,1-4H3. The summed E-state index contributed by atoms with van der Waals surface area (Å²) in [7, 11) is 5.45. The zero-order valence-corrected chi connectivity index (χ0v) is 11.9. The summed E-state index contributed by atoms with van der Waals surface area (Å²) >= 11 is 4.23. The summed E-state index contributed by atoms with van der Waals surface area (Å²) in [6.45, 7) is 3.83. The zero-order valence-electron chi connectivity index (χ0n) is 11.0. The molecule has 0 saturated heterocycles. The third-order valence-corrected chi connectivity index (χ3v) is 2.98. The molecule has 0 unspecified atom stereocenters. The van der Waals surface area contributed by atoms with Crippen LogP contribution < -0.4 is 9.47 Å². The maximum Gasteiger partial charge on any atom is 0.129 e. The minimum atomic E-state index is 0.855. The van der Waals surface area contributed by atoms with Crippen LogP contribution in [0.1, 0.15) is 11.1 Å². The van der Waals surface area contributed by atoms with Crippen LogP contribution in [0.4, 0.5) is 0 Å². The molecule has 1 aromatic carbocycles. The zero-order chi connectivity index (χ0) is 12.8. The van der Waals surface area contributed by atoms with Crippen molar-refractivity contribution < 1.29 is 9.47 Å². The maximum absolute atomic E-state index is 5.47. The SMILES string of the molecule is COc1ccc(CN(C)CCS)c(OC)c1C. The van der Waals surface area contributed by atoms with Crippen molar-refractivity contribution in [3.63, 3.8) is 0 Å². The molecule has 0 aliphatic carbocycles. The summed E-state index contributed by atoms with van der Waals surface area (Å²) in [6.07, 6.45) is 0. The van der Waals surface area contributed by atoms with Gasteiger partial charge in [0, 0.05) is 30.0 Å². The van der Waals surface area contributed by atoms with Crippen molar-refractivity contribution in [1.82, 2.24) is 4.90 Å². The Balaban J connectivity index is 2.96. The predicted octanol–water partition coefficient (Wildman–Crippen LogP) is 2.37. The van der Waals surface area contributed by atoms with E-state index in [1.54, 1.807) is 14.2 Å². The first-order valence-corrected chi connectivity index (χ1v) is 6.27. The Morgan fingerprint density at radius 1 is 1.24 bits per heavy atom. The third kappa shape index (κ3) is 3.54. The van der Waals surface area contributed by atoms with Crippen LogP contribution in [0.5, 0.6) is 11.5 Å². The first-order valence-electron chi connectivity index (χ1n) is 5.63. The second kappa shape index (κ2) is 6.77. The Labute approximate surface area is 109 Å². The molecular formula is C13H21NO2S. The van der Waals surface area contributed by atoms with Crippen molar-refractivity contribution in [2.24, 2.45) is 0 Å². The second-order valence-corrected chi connectivity index (χ2v) is 4.49. The normalized spacial score (nSPS) is 10.7. The van der Waals surface area contributed by atoms with Gasteiger partial charge >= 0.3 is 0 Å².